The molecule has 1 aromatic carbocycles. The van der Waals surface area contributed by atoms with Gasteiger partial charge in [0.15, 0.2) is 0 Å². The van der Waals surface area contributed by atoms with Crippen molar-refractivity contribution in [2.24, 2.45) is 0 Å². The van der Waals surface area contributed by atoms with Crippen LogP contribution in [0.15, 0.2) is 29.2 Å². The fourth-order valence-corrected chi connectivity index (χ4v) is 2.98. The molecule has 0 spiro atoms. The Labute approximate surface area is 114 Å². The number of hydrogen-bond acceptors (Lipinski definition) is 4. The molecule has 0 bridgehead atoms. The number of hydrazine groups is 1. The average molecular weight is 306 g/mol. The summed E-state index contributed by atoms with van der Waals surface area (Å²) >= 11 is 0. The Kier molecular flexibility index (Phi) is 4.40. The number of hydrogen-bond donors (Lipinski definition) is 2. The minimum absolute atomic E-state index is 0.00310. The Morgan fingerprint density at radius 2 is 1.37 bits per heavy atom. The molecule has 0 unspecified atom stereocenters. The zero-order chi connectivity index (χ0) is 14.9. The van der Waals surface area contributed by atoms with Crippen molar-refractivity contribution in [1.29, 1.82) is 0 Å². The van der Waals surface area contributed by atoms with E-state index in [0.717, 1.165) is 11.8 Å². The van der Waals surface area contributed by atoms with Crippen LogP contribution in [0.1, 0.15) is 26.3 Å². The lowest BCUT2D eigenvalue weighted by molar-refractivity contribution is 0.560. The molecule has 6 nitrogen and oxygen atoms in total. The van der Waals surface area contributed by atoms with Crippen LogP contribution in [0.5, 0.6) is 0 Å². The van der Waals surface area contributed by atoms with Gasteiger partial charge < -0.3 is 0 Å². The van der Waals surface area contributed by atoms with E-state index < -0.39 is 20.0 Å². The van der Waals surface area contributed by atoms with Gasteiger partial charge in [0.05, 0.1) is 11.2 Å². The number of sulfonamides is 2. The normalized spacial score (nSPS) is 13.5. The lowest BCUT2D eigenvalue weighted by atomic mass is 9.87. The van der Waals surface area contributed by atoms with Crippen molar-refractivity contribution in [3.05, 3.63) is 29.8 Å². The summed E-state index contributed by atoms with van der Waals surface area (Å²) in [6.45, 7) is 6.04. The molecule has 0 aromatic heterocycles. The van der Waals surface area contributed by atoms with E-state index >= 15 is 0 Å². The molecular weight excluding hydrogens is 288 g/mol. The van der Waals surface area contributed by atoms with Crippen molar-refractivity contribution < 1.29 is 16.8 Å². The van der Waals surface area contributed by atoms with Crippen LogP contribution in [0.4, 0.5) is 0 Å². The van der Waals surface area contributed by atoms with Crippen molar-refractivity contribution in [3.8, 4) is 0 Å². The molecule has 8 heteroatoms. The van der Waals surface area contributed by atoms with Gasteiger partial charge in [-0.1, -0.05) is 32.9 Å². The lowest BCUT2D eigenvalue weighted by Crippen LogP contribution is -2.40. The summed E-state index contributed by atoms with van der Waals surface area (Å²) in [5.74, 6) is 0. The third kappa shape index (κ3) is 4.90. The Morgan fingerprint density at radius 3 is 1.74 bits per heavy atom. The van der Waals surface area contributed by atoms with E-state index in [9.17, 15) is 16.8 Å². The molecule has 0 aliphatic carbocycles. The fourth-order valence-electron chi connectivity index (χ4n) is 1.32. The molecule has 0 aliphatic heterocycles. The Morgan fingerprint density at radius 1 is 0.895 bits per heavy atom. The lowest BCUT2D eigenvalue weighted by Gasteiger charge is -2.19. The quantitative estimate of drug-likeness (QED) is 0.802. The van der Waals surface area contributed by atoms with E-state index in [1.54, 1.807) is 17.0 Å². The second-order valence-electron chi connectivity index (χ2n) is 5.25. The van der Waals surface area contributed by atoms with Crippen LogP contribution < -0.4 is 9.66 Å². The van der Waals surface area contributed by atoms with E-state index in [-0.39, 0.29) is 10.3 Å². The van der Waals surface area contributed by atoms with Gasteiger partial charge in [0.25, 0.3) is 10.0 Å². The summed E-state index contributed by atoms with van der Waals surface area (Å²) < 4.78 is 45.3. The van der Waals surface area contributed by atoms with Crippen molar-refractivity contribution >= 4 is 20.0 Å². The summed E-state index contributed by atoms with van der Waals surface area (Å²) in [5.41, 5.74) is 0.906. The monoisotopic (exact) mass is 306 g/mol. The maximum absolute atomic E-state index is 11.8. The first-order valence-electron chi connectivity index (χ1n) is 5.51. The van der Waals surface area contributed by atoms with Crippen LogP contribution in [0.25, 0.3) is 0 Å². The van der Waals surface area contributed by atoms with Gasteiger partial charge in [0.1, 0.15) is 0 Å². The Bertz CT molecular complexity index is 641. The smallest absolute Gasteiger partial charge is 0.211 e. The van der Waals surface area contributed by atoms with Gasteiger partial charge in [-0.25, -0.2) is 16.8 Å². The van der Waals surface area contributed by atoms with E-state index in [1.165, 1.54) is 12.1 Å². The summed E-state index contributed by atoms with van der Waals surface area (Å²) in [6.07, 6.45) is 0.859. The number of rotatable bonds is 4. The summed E-state index contributed by atoms with van der Waals surface area (Å²) in [5, 5.41) is 0. The zero-order valence-electron chi connectivity index (χ0n) is 11.3. The predicted molar refractivity (Wildman–Crippen MR) is 73.4 cm³/mol. The molecule has 108 valence electrons. The third-order valence-electron chi connectivity index (χ3n) is 2.39. The molecule has 0 atom stereocenters. The summed E-state index contributed by atoms with van der Waals surface area (Å²) in [7, 11) is -7.53. The Hall–Kier alpha value is -0.960. The SMILES string of the molecule is CC(C)(C)c1ccc(S(=O)(=O)NNS(C)(=O)=O)cc1. The molecule has 0 saturated heterocycles. The summed E-state index contributed by atoms with van der Waals surface area (Å²) in [6, 6.07) is 6.28. The predicted octanol–water partition coefficient (Wildman–Crippen LogP) is 0.727. The van der Waals surface area contributed by atoms with Crippen LogP contribution >= 0.6 is 0 Å². The van der Waals surface area contributed by atoms with Gasteiger partial charge in [-0.05, 0) is 23.1 Å². The van der Waals surface area contributed by atoms with Gasteiger partial charge in [0.2, 0.25) is 10.0 Å². The molecule has 1 rings (SSSR count). The maximum Gasteiger partial charge on any atom is 0.254 e. The highest BCUT2D eigenvalue weighted by Gasteiger charge is 2.18. The van der Waals surface area contributed by atoms with Crippen LogP contribution in [0.3, 0.4) is 0 Å². The van der Waals surface area contributed by atoms with Gasteiger partial charge in [-0.3, -0.25) is 0 Å². The molecule has 0 fully saturated rings. The average Bonchev–Trinajstić information content (AvgIpc) is 2.25. The second kappa shape index (κ2) is 5.20. The Balaban J connectivity index is 2.98. The highest BCUT2D eigenvalue weighted by Crippen LogP contribution is 2.23. The van der Waals surface area contributed by atoms with Crippen LogP contribution in [-0.2, 0) is 25.5 Å². The fraction of sp³-hybridized carbons (Fsp3) is 0.455. The third-order valence-corrected chi connectivity index (χ3v) is 4.26. The molecule has 0 radical (unpaired) electrons. The van der Waals surface area contributed by atoms with E-state index in [0.29, 0.717) is 0 Å². The maximum atomic E-state index is 11.8. The zero-order valence-corrected chi connectivity index (χ0v) is 12.9. The topological polar surface area (TPSA) is 92.3 Å². The van der Waals surface area contributed by atoms with E-state index in [4.69, 9.17) is 0 Å². The number of nitrogens with one attached hydrogen (secondary N) is 2. The van der Waals surface area contributed by atoms with Crippen LogP contribution in [-0.4, -0.2) is 23.1 Å². The van der Waals surface area contributed by atoms with E-state index in [1.807, 2.05) is 25.6 Å². The molecule has 0 saturated carbocycles. The second-order valence-corrected chi connectivity index (χ2v) is 8.68. The highest BCUT2D eigenvalue weighted by molar-refractivity contribution is 7.92. The van der Waals surface area contributed by atoms with Crippen molar-refractivity contribution in [1.82, 2.24) is 9.66 Å². The standard InChI is InChI=1S/C11H18N2O4S2/c1-11(2,3)9-5-7-10(8-6-9)19(16,17)13-12-18(4,14)15/h5-8,12-13H,1-4H3. The van der Waals surface area contributed by atoms with Crippen molar-refractivity contribution in [3.63, 3.8) is 0 Å². The molecule has 1 aromatic rings. The first kappa shape index (κ1) is 16.1. The van der Waals surface area contributed by atoms with Gasteiger partial charge in [-0.15, -0.1) is 9.66 Å². The first-order valence-corrected chi connectivity index (χ1v) is 8.88. The summed E-state index contributed by atoms with van der Waals surface area (Å²) in [4.78, 5) is 3.54. The van der Waals surface area contributed by atoms with Gasteiger partial charge in [0, 0.05) is 0 Å². The van der Waals surface area contributed by atoms with Gasteiger partial charge >= 0.3 is 0 Å². The van der Waals surface area contributed by atoms with Gasteiger partial charge in [-0.2, -0.15) is 0 Å². The number of benzene rings is 1. The van der Waals surface area contributed by atoms with Crippen LogP contribution in [0.2, 0.25) is 0 Å². The van der Waals surface area contributed by atoms with Crippen LogP contribution in [0, 0.1) is 0 Å². The van der Waals surface area contributed by atoms with Crippen molar-refractivity contribution in [2.45, 2.75) is 31.1 Å². The highest BCUT2D eigenvalue weighted by atomic mass is 32.2. The minimum Gasteiger partial charge on any atom is -0.211 e. The largest absolute Gasteiger partial charge is 0.254 e. The molecule has 2 N–H and O–H groups in total. The van der Waals surface area contributed by atoms with E-state index in [2.05, 4.69) is 0 Å². The molecule has 19 heavy (non-hydrogen) atoms. The minimum atomic E-state index is -3.90. The molecule has 0 aliphatic rings. The first-order chi connectivity index (χ1) is 8.42. The molecule has 0 heterocycles. The van der Waals surface area contributed by atoms with Crippen molar-refractivity contribution in [2.75, 3.05) is 6.26 Å². The molecule has 0 amide bonds. The molecular formula is C11H18N2O4S2.